The largest absolute Gasteiger partial charge is 0.353 e. The number of hydrogen-bond acceptors (Lipinski definition) is 2. The fraction of sp³-hybridized carbons (Fsp3) is 0.500. The van der Waals surface area contributed by atoms with E-state index in [0.717, 1.165) is 30.5 Å². The topological polar surface area (TPSA) is 45.6 Å². The van der Waals surface area contributed by atoms with Crippen LogP contribution in [0.5, 0.6) is 0 Å². The standard InChI is InChI=1S/C24H33N3O2/c1-4-19(2)26(23(28)15-12-20-9-6-5-7-10-20)18-24(29)27(21-13-14-21)17-22-11-8-16-25(22)3/h5-11,16,19,21H,4,12-15,17-18H2,1-3H3/t19-/m1/s1. The van der Waals surface area contributed by atoms with E-state index in [1.165, 1.54) is 0 Å². The summed E-state index contributed by atoms with van der Waals surface area (Å²) in [6, 6.07) is 14.5. The molecule has 0 radical (unpaired) electrons. The van der Waals surface area contributed by atoms with Gasteiger partial charge in [0.15, 0.2) is 0 Å². The van der Waals surface area contributed by atoms with Gasteiger partial charge in [0.2, 0.25) is 11.8 Å². The second-order valence-corrected chi connectivity index (χ2v) is 8.13. The van der Waals surface area contributed by atoms with Crippen LogP contribution in [0.2, 0.25) is 0 Å². The van der Waals surface area contributed by atoms with E-state index < -0.39 is 0 Å². The zero-order chi connectivity index (χ0) is 20.8. The third kappa shape index (κ3) is 5.72. The lowest BCUT2D eigenvalue weighted by atomic mass is 10.1. The van der Waals surface area contributed by atoms with Gasteiger partial charge in [0.25, 0.3) is 0 Å². The van der Waals surface area contributed by atoms with Crippen LogP contribution in [-0.2, 0) is 29.6 Å². The Hall–Kier alpha value is -2.56. The minimum Gasteiger partial charge on any atom is -0.353 e. The normalized spacial score (nSPS) is 14.4. The molecule has 1 aromatic carbocycles. The monoisotopic (exact) mass is 395 g/mol. The Bertz CT molecular complexity index is 811. The lowest BCUT2D eigenvalue weighted by Crippen LogP contribution is -2.47. The molecule has 1 aliphatic rings. The molecule has 1 aliphatic carbocycles. The van der Waals surface area contributed by atoms with Crippen molar-refractivity contribution in [2.75, 3.05) is 6.54 Å². The molecule has 2 aromatic rings. The highest BCUT2D eigenvalue weighted by atomic mass is 16.2. The molecule has 0 saturated heterocycles. The van der Waals surface area contributed by atoms with Crippen molar-refractivity contribution in [1.29, 1.82) is 0 Å². The van der Waals surface area contributed by atoms with Crippen LogP contribution in [0.25, 0.3) is 0 Å². The Morgan fingerprint density at radius 1 is 1.10 bits per heavy atom. The maximum Gasteiger partial charge on any atom is 0.242 e. The maximum absolute atomic E-state index is 13.2. The summed E-state index contributed by atoms with van der Waals surface area (Å²) in [5, 5.41) is 0. The fourth-order valence-electron chi connectivity index (χ4n) is 3.63. The van der Waals surface area contributed by atoms with Gasteiger partial charge in [-0.1, -0.05) is 37.3 Å². The van der Waals surface area contributed by atoms with Gasteiger partial charge in [0.1, 0.15) is 6.54 Å². The predicted molar refractivity (Wildman–Crippen MR) is 115 cm³/mol. The summed E-state index contributed by atoms with van der Waals surface area (Å²) in [6.07, 6.45) is 6.09. The zero-order valence-electron chi connectivity index (χ0n) is 17.9. The molecule has 1 heterocycles. The summed E-state index contributed by atoms with van der Waals surface area (Å²) in [7, 11) is 2.00. The third-order valence-corrected chi connectivity index (χ3v) is 5.91. The van der Waals surface area contributed by atoms with E-state index >= 15 is 0 Å². The van der Waals surface area contributed by atoms with Gasteiger partial charge in [-0.05, 0) is 50.3 Å². The van der Waals surface area contributed by atoms with Crippen LogP contribution in [0.15, 0.2) is 48.7 Å². The minimum absolute atomic E-state index is 0.0540. The van der Waals surface area contributed by atoms with Gasteiger partial charge in [-0.3, -0.25) is 9.59 Å². The van der Waals surface area contributed by atoms with Gasteiger partial charge in [0, 0.05) is 37.4 Å². The molecule has 3 rings (SSSR count). The Morgan fingerprint density at radius 3 is 2.41 bits per heavy atom. The van der Waals surface area contributed by atoms with Gasteiger partial charge in [-0.15, -0.1) is 0 Å². The molecule has 1 aromatic heterocycles. The van der Waals surface area contributed by atoms with E-state index in [-0.39, 0.29) is 24.4 Å². The smallest absolute Gasteiger partial charge is 0.242 e. The lowest BCUT2D eigenvalue weighted by molar-refractivity contribution is -0.143. The Morgan fingerprint density at radius 2 is 1.83 bits per heavy atom. The number of rotatable bonds is 10. The average molecular weight is 396 g/mol. The molecule has 29 heavy (non-hydrogen) atoms. The highest BCUT2D eigenvalue weighted by Gasteiger charge is 2.34. The molecule has 156 valence electrons. The second kappa shape index (κ2) is 9.77. The first-order chi connectivity index (χ1) is 14.0. The first-order valence-electron chi connectivity index (χ1n) is 10.7. The van der Waals surface area contributed by atoms with Crippen molar-refractivity contribution in [3.05, 3.63) is 59.9 Å². The summed E-state index contributed by atoms with van der Waals surface area (Å²) < 4.78 is 2.06. The molecule has 2 amide bonds. The Kier molecular flexibility index (Phi) is 7.13. The molecule has 0 N–H and O–H groups in total. The Labute approximate surface area is 174 Å². The van der Waals surface area contributed by atoms with Crippen molar-refractivity contribution in [2.24, 2.45) is 7.05 Å². The second-order valence-electron chi connectivity index (χ2n) is 8.13. The van der Waals surface area contributed by atoms with Crippen LogP contribution < -0.4 is 0 Å². The number of hydrogen-bond donors (Lipinski definition) is 0. The van der Waals surface area contributed by atoms with E-state index in [1.54, 1.807) is 4.90 Å². The van der Waals surface area contributed by atoms with Crippen LogP contribution >= 0.6 is 0 Å². The maximum atomic E-state index is 13.2. The van der Waals surface area contributed by atoms with Crippen molar-refractivity contribution in [2.45, 2.75) is 64.6 Å². The van der Waals surface area contributed by atoms with Gasteiger partial charge in [-0.25, -0.2) is 0 Å². The lowest BCUT2D eigenvalue weighted by Gasteiger charge is -2.31. The van der Waals surface area contributed by atoms with Gasteiger partial charge >= 0.3 is 0 Å². The number of nitrogens with zero attached hydrogens (tertiary/aromatic N) is 3. The number of aryl methyl sites for hydroxylation is 2. The molecule has 1 saturated carbocycles. The molecule has 1 atom stereocenters. The number of amides is 2. The molecule has 5 nitrogen and oxygen atoms in total. The first-order valence-corrected chi connectivity index (χ1v) is 10.7. The van der Waals surface area contributed by atoms with Gasteiger partial charge in [-0.2, -0.15) is 0 Å². The van der Waals surface area contributed by atoms with E-state index in [0.29, 0.717) is 25.4 Å². The van der Waals surface area contributed by atoms with E-state index in [1.807, 2.05) is 61.5 Å². The number of aromatic nitrogens is 1. The highest BCUT2D eigenvalue weighted by molar-refractivity contribution is 5.85. The number of benzene rings is 1. The van der Waals surface area contributed by atoms with Crippen LogP contribution in [0, 0.1) is 0 Å². The predicted octanol–water partition coefficient (Wildman–Crippen LogP) is 3.78. The van der Waals surface area contributed by atoms with Crippen molar-refractivity contribution >= 4 is 11.8 Å². The molecule has 0 aliphatic heterocycles. The molecular formula is C24H33N3O2. The van der Waals surface area contributed by atoms with Gasteiger partial charge < -0.3 is 14.4 Å². The van der Waals surface area contributed by atoms with Crippen molar-refractivity contribution in [3.8, 4) is 0 Å². The average Bonchev–Trinajstić information content (AvgIpc) is 3.50. The van der Waals surface area contributed by atoms with E-state index in [9.17, 15) is 9.59 Å². The molecule has 5 heteroatoms. The van der Waals surface area contributed by atoms with Crippen molar-refractivity contribution in [1.82, 2.24) is 14.4 Å². The Balaban J connectivity index is 1.65. The highest BCUT2D eigenvalue weighted by Crippen LogP contribution is 2.29. The van der Waals surface area contributed by atoms with Crippen molar-refractivity contribution < 1.29 is 9.59 Å². The van der Waals surface area contributed by atoms with E-state index in [4.69, 9.17) is 0 Å². The summed E-state index contributed by atoms with van der Waals surface area (Å²) in [6.45, 7) is 4.88. The van der Waals surface area contributed by atoms with Crippen LogP contribution in [-0.4, -0.2) is 44.8 Å². The quantitative estimate of drug-likeness (QED) is 0.615. The summed E-state index contributed by atoms with van der Waals surface area (Å²) in [5.41, 5.74) is 2.27. The summed E-state index contributed by atoms with van der Waals surface area (Å²) in [4.78, 5) is 29.9. The van der Waals surface area contributed by atoms with Crippen LogP contribution in [0.3, 0.4) is 0 Å². The molecule has 0 bridgehead atoms. The van der Waals surface area contributed by atoms with Crippen LogP contribution in [0.1, 0.15) is 50.8 Å². The first kappa shape index (κ1) is 21.2. The van der Waals surface area contributed by atoms with E-state index in [2.05, 4.69) is 17.6 Å². The SMILES string of the molecule is CC[C@@H](C)N(CC(=O)N(Cc1cccn1C)C1CC1)C(=O)CCc1ccccc1. The minimum atomic E-state index is 0.0540. The summed E-state index contributed by atoms with van der Waals surface area (Å²) in [5.74, 6) is 0.119. The zero-order valence-corrected chi connectivity index (χ0v) is 17.9. The summed E-state index contributed by atoms with van der Waals surface area (Å²) >= 11 is 0. The van der Waals surface area contributed by atoms with Crippen molar-refractivity contribution in [3.63, 3.8) is 0 Å². The van der Waals surface area contributed by atoms with Crippen LogP contribution in [0.4, 0.5) is 0 Å². The molecular weight excluding hydrogens is 362 g/mol. The molecule has 0 unspecified atom stereocenters. The third-order valence-electron chi connectivity index (χ3n) is 5.91. The molecule has 1 fully saturated rings. The van der Waals surface area contributed by atoms with Gasteiger partial charge in [0.05, 0.1) is 6.54 Å². The molecule has 0 spiro atoms. The number of carbonyl (C=O) groups excluding carboxylic acids is 2. The number of carbonyl (C=O) groups is 2. The fourth-order valence-corrected chi connectivity index (χ4v) is 3.63.